The third-order valence-corrected chi connectivity index (χ3v) is 3.46. The van der Waals surface area contributed by atoms with Crippen molar-refractivity contribution in [2.75, 3.05) is 6.61 Å². The van der Waals surface area contributed by atoms with Gasteiger partial charge >= 0.3 is 0 Å². The Balaban J connectivity index is 2.12. The molecule has 1 aromatic carbocycles. The van der Waals surface area contributed by atoms with Gasteiger partial charge in [0.05, 0.1) is 6.61 Å². The molecule has 2 heteroatoms. The van der Waals surface area contributed by atoms with E-state index in [1.165, 1.54) is 5.56 Å². The van der Waals surface area contributed by atoms with Crippen LogP contribution in [0.1, 0.15) is 32.3 Å². The van der Waals surface area contributed by atoms with Gasteiger partial charge in [0, 0.05) is 12.0 Å². The lowest BCUT2D eigenvalue weighted by atomic mass is 10.0. The lowest BCUT2D eigenvalue weighted by Gasteiger charge is -2.05. The molecule has 1 saturated carbocycles. The number of nitrogens with two attached hydrogens (primary N) is 1. The van der Waals surface area contributed by atoms with E-state index in [2.05, 4.69) is 26.0 Å². The Morgan fingerprint density at radius 2 is 1.80 bits per heavy atom. The fourth-order valence-electron chi connectivity index (χ4n) is 2.25. The highest BCUT2D eigenvalue weighted by molar-refractivity contribution is 5.37. The molecule has 1 aliphatic carbocycles. The van der Waals surface area contributed by atoms with Crippen molar-refractivity contribution < 1.29 is 4.74 Å². The Kier molecular flexibility index (Phi) is 2.47. The van der Waals surface area contributed by atoms with Crippen LogP contribution in [-0.4, -0.2) is 12.6 Å². The van der Waals surface area contributed by atoms with Gasteiger partial charge < -0.3 is 10.5 Å². The van der Waals surface area contributed by atoms with Crippen LogP contribution in [0.15, 0.2) is 24.3 Å². The van der Waals surface area contributed by atoms with Crippen molar-refractivity contribution in [2.24, 2.45) is 11.1 Å². The topological polar surface area (TPSA) is 35.2 Å². The molecule has 1 fully saturated rings. The van der Waals surface area contributed by atoms with E-state index in [4.69, 9.17) is 10.5 Å². The number of benzene rings is 1. The Morgan fingerprint density at radius 3 is 2.20 bits per heavy atom. The van der Waals surface area contributed by atoms with Gasteiger partial charge in [-0.25, -0.2) is 0 Å². The molecule has 82 valence electrons. The molecule has 15 heavy (non-hydrogen) atoms. The molecule has 2 atom stereocenters. The summed E-state index contributed by atoms with van der Waals surface area (Å²) in [6, 6.07) is 8.62. The van der Waals surface area contributed by atoms with Crippen molar-refractivity contribution in [3.63, 3.8) is 0 Å². The lowest BCUT2D eigenvalue weighted by molar-refractivity contribution is 0.340. The summed E-state index contributed by atoms with van der Waals surface area (Å²) in [4.78, 5) is 0. The molecule has 0 spiro atoms. The summed E-state index contributed by atoms with van der Waals surface area (Å²) >= 11 is 0. The summed E-state index contributed by atoms with van der Waals surface area (Å²) in [5, 5.41) is 0. The van der Waals surface area contributed by atoms with Gasteiger partial charge in [-0.2, -0.15) is 0 Å². The van der Waals surface area contributed by atoms with Crippen LogP contribution in [0.25, 0.3) is 0 Å². The van der Waals surface area contributed by atoms with Crippen molar-refractivity contribution in [2.45, 2.75) is 32.7 Å². The Morgan fingerprint density at radius 1 is 1.27 bits per heavy atom. The standard InChI is InChI=1S/C13H19NO/c1-4-15-10-7-5-9(6-8-10)11-12(14)13(11,2)3/h5-8,11-12H,4,14H2,1-3H3/t11-,12-/m1/s1. The Labute approximate surface area is 91.4 Å². The third-order valence-electron chi connectivity index (χ3n) is 3.46. The van der Waals surface area contributed by atoms with E-state index in [9.17, 15) is 0 Å². The molecule has 0 aliphatic heterocycles. The van der Waals surface area contributed by atoms with Gasteiger partial charge in [-0.3, -0.25) is 0 Å². The van der Waals surface area contributed by atoms with Crippen LogP contribution in [-0.2, 0) is 0 Å². The largest absolute Gasteiger partial charge is 0.494 e. The molecule has 0 unspecified atom stereocenters. The van der Waals surface area contributed by atoms with Gasteiger partial charge in [-0.05, 0) is 30.0 Å². The molecular formula is C13H19NO. The maximum atomic E-state index is 6.04. The molecule has 0 radical (unpaired) electrons. The summed E-state index contributed by atoms with van der Waals surface area (Å²) in [5.74, 6) is 1.45. The van der Waals surface area contributed by atoms with Crippen LogP contribution in [0, 0.1) is 5.41 Å². The lowest BCUT2D eigenvalue weighted by Crippen LogP contribution is -2.06. The molecule has 0 amide bonds. The minimum absolute atomic E-state index is 0.257. The van der Waals surface area contributed by atoms with Gasteiger partial charge in [0.15, 0.2) is 0 Å². The van der Waals surface area contributed by atoms with Gasteiger partial charge in [-0.1, -0.05) is 26.0 Å². The summed E-state index contributed by atoms with van der Waals surface area (Å²) in [7, 11) is 0. The van der Waals surface area contributed by atoms with Crippen LogP contribution in [0.2, 0.25) is 0 Å². The third kappa shape index (κ3) is 1.74. The van der Waals surface area contributed by atoms with Gasteiger partial charge in [0.25, 0.3) is 0 Å². The first kappa shape index (κ1) is 10.5. The zero-order valence-electron chi connectivity index (χ0n) is 9.66. The maximum Gasteiger partial charge on any atom is 0.119 e. The van der Waals surface area contributed by atoms with Crippen molar-refractivity contribution in [3.05, 3.63) is 29.8 Å². The number of hydrogen-bond donors (Lipinski definition) is 1. The van der Waals surface area contributed by atoms with E-state index in [-0.39, 0.29) is 5.41 Å². The van der Waals surface area contributed by atoms with E-state index in [1.54, 1.807) is 0 Å². The fraction of sp³-hybridized carbons (Fsp3) is 0.538. The average molecular weight is 205 g/mol. The minimum Gasteiger partial charge on any atom is -0.494 e. The summed E-state index contributed by atoms with van der Waals surface area (Å²) in [6.07, 6.45) is 0. The predicted octanol–water partition coefficient (Wildman–Crippen LogP) is 2.54. The first-order valence-corrected chi connectivity index (χ1v) is 5.55. The smallest absolute Gasteiger partial charge is 0.119 e. The normalized spacial score (nSPS) is 27.5. The van der Waals surface area contributed by atoms with E-state index >= 15 is 0 Å². The molecule has 0 saturated heterocycles. The summed E-state index contributed by atoms with van der Waals surface area (Å²) in [5.41, 5.74) is 7.63. The Hall–Kier alpha value is -1.02. The molecule has 1 aromatic rings. The van der Waals surface area contributed by atoms with Crippen molar-refractivity contribution >= 4 is 0 Å². The minimum atomic E-state index is 0.257. The SMILES string of the molecule is CCOc1ccc([C@@H]2[C@@H](N)C2(C)C)cc1. The second kappa shape index (κ2) is 3.53. The Bertz CT molecular complexity index is 342. The van der Waals surface area contributed by atoms with Gasteiger partial charge in [-0.15, -0.1) is 0 Å². The van der Waals surface area contributed by atoms with Gasteiger partial charge in [0.2, 0.25) is 0 Å². The van der Waals surface area contributed by atoms with Gasteiger partial charge in [0.1, 0.15) is 5.75 Å². The number of rotatable bonds is 3. The second-order valence-electron chi connectivity index (χ2n) is 4.83. The van der Waals surface area contributed by atoms with Crippen LogP contribution in [0.4, 0.5) is 0 Å². The monoisotopic (exact) mass is 205 g/mol. The van der Waals surface area contributed by atoms with E-state index in [0.717, 1.165) is 5.75 Å². The average Bonchev–Trinajstić information content (AvgIpc) is 2.69. The highest BCUT2D eigenvalue weighted by Crippen LogP contribution is 2.57. The number of hydrogen-bond acceptors (Lipinski definition) is 2. The summed E-state index contributed by atoms with van der Waals surface area (Å²) in [6.45, 7) is 7.15. The van der Waals surface area contributed by atoms with E-state index in [0.29, 0.717) is 18.6 Å². The first-order chi connectivity index (χ1) is 7.07. The molecule has 2 N–H and O–H groups in total. The number of ether oxygens (including phenoxy) is 1. The molecule has 0 heterocycles. The maximum absolute atomic E-state index is 6.04. The van der Waals surface area contributed by atoms with Crippen molar-refractivity contribution in [1.82, 2.24) is 0 Å². The molecule has 1 aliphatic rings. The summed E-state index contributed by atoms with van der Waals surface area (Å²) < 4.78 is 5.41. The molecule has 2 nitrogen and oxygen atoms in total. The van der Waals surface area contributed by atoms with E-state index < -0.39 is 0 Å². The molecule has 2 rings (SSSR count). The predicted molar refractivity (Wildman–Crippen MR) is 62.1 cm³/mol. The molecule has 0 bridgehead atoms. The zero-order valence-corrected chi connectivity index (χ0v) is 9.66. The van der Waals surface area contributed by atoms with Crippen LogP contribution in [0.3, 0.4) is 0 Å². The van der Waals surface area contributed by atoms with E-state index in [1.807, 2.05) is 19.1 Å². The van der Waals surface area contributed by atoms with Crippen LogP contribution in [0.5, 0.6) is 5.75 Å². The highest BCUT2D eigenvalue weighted by Gasteiger charge is 2.55. The van der Waals surface area contributed by atoms with Crippen molar-refractivity contribution in [1.29, 1.82) is 0 Å². The molecule has 0 aromatic heterocycles. The fourth-order valence-corrected chi connectivity index (χ4v) is 2.25. The molecular weight excluding hydrogens is 186 g/mol. The highest BCUT2D eigenvalue weighted by atomic mass is 16.5. The van der Waals surface area contributed by atoms with Crippen molar-refractivity contribution in [3.8, 4) is 5.75 Å². The van der Waals surface area contributed by atoms with Crippen LogP contribution < -0.4 is 10.5 Å². The first-order valence-electron chi connectivity index (χ1n) is 5.55. The van der Waals surface area contributed by atoms with Crippen LogP contribution >= 0.6 is 0 Å². The second-order valence-corrected chi connectivity index (χ2v) is 4.83. The quantitative estimate of drug-likeness (QED) is 0.823. The zero-order chi connectivity index (χ0) is 11.1.